The second kappa shape index (κ2) is 6.29. The van der Waals surface area contributed by atoms with Gasteiger partial charge < -0.3 is 10.5 Å². The quantitative estimate of drug-likeness (QED) is 0.657. The van der Waals surface area contributed by atoms with Crippen molar-refractivity contribution in [3.8, 4) is 5.75 Å². The lowest BCUT2D eigenvalue weighted by Crippen LogP contribution is -2.04. The van der Waals surface area contributed by atoms with E-state index in [1.807, 2.05) is 6.92 Å². The number of hydrogen-bond acceptors (Lipinski definition) is 3. The first-order valence-corrected chi connectivity index (χ1v) is 7.22. The minimum absolute atomic E-state index is 0.183. The van der Waals surface area contributed by atoms with Gasteiger partial charge in [-0.1, -0.05) is 11.6 Å². The maximum absolute atomic E-state index is 12.5. The Balaban J connectivity index is 2.40. The summed E-state index contributed by atoms with van der Waals surface area (Å²) in [7, 11) is 0. The Bertz CT molecular complexity index is 658. The maximum atomic E-state index is 12.5. The Morgan fingerprint density at radius 1 is 1.25 bits per heavy atom. The lowest BCUT2D eigenvalue weighted by Gasteiger charge is -2.09. The van der Waals surface area contributed by atoms with E-state index >= 15 is 0 Å². The minimum atomic E-state index is -0.183. The minimum Gasteiger partial charge on any atom is -0.494 e. The van der Waals surface area contributed by atoms with E-state index in [1.54, 1.807) is 36.4 Å². The molecule has 0 unspecified atom stereocenters. The number of hydrogen-bond donors (Lipinski definition) is 1. The van der Waals surface area contributed by atoms with Gasteiger partial charge in [0, 0.05) is 21.3 Å². The fourth-order valence-electron chi connectivity index (χ4n) is 1.80. The van der Waals surface area contributed by atoms with Crippen LogP contribution in [0.5, 0.6) is 5.75 Å². The van der Waals surface area contributed by atoms with Gasteiger partial charge in [-0.15, -0.1) is 0 Å². The number of rotatable bonds is 4. The molecule has 0 atom stereocenters. The van der Waals surface area contributed by atoms with Crippen LogP contribution >= 0.6 is 27.5 Å². The molecular weight excluding hydrogens is 342 g/mol. The van der Waals surface area contributed by atoms with E-state index in [4.69, 9.17) is 22.1 Å². The second-order valence-corrected chi connectivity index (χ2v) is 5.40. The van der Waals surface area contributed by atoms with Crippen LogP contribution in [0.3, 0.4) is 0 Å². The van der Waals surface area contributed by atoms with E-state index in [2.05, 4.69) is 15.9 Å². The number of nitrogen functional groups attached to an aromatic ring is 1. The first-order chi connectivity index (χ1) is 9.52. The molecule has 2 N–H and O–H groups in total. The average Bonchev–Trinajstić information content (AvgIpc) is 2.41. The summed E-state index contributed by atoms with van der Waals surface area (Å²) in [5.74, 6) is 0.520. The van der Waals surface area contributed by atoms with E-state index in [-0.39, 0.29) is 5.78 Å². The number of carbonyl (C=O) groups excluding carboxylic acids is 1. The molecule has 20 heavy (non-hydrogen) atoms. The summed E-state index contributed by atoms with van der Waals surface area (Å²) < 4.78 is 6.04. The second-order valence-electron chi connectivity index (χ2n) is 4.14. The summed E-state index contributed by atoms with van der Waals surface area (Å²) in [4.78, 5) is 12.5. The Morgan fingerprint density at radius 3 is 2.65 bits per heavy atom. The molecule has 0 aromatic heterocycles. The smallest absolute Gasteiger partial charge is 0.195 e. The number of nitrogens with two attached hydrogens (primary N) is 1. The fourth-order valence-corrected chi connectivity index (χ4v) is 2.54. The third-order valence-electron chi connectivity index (χ3n) is 2.73. The predicted octanol–water partition coefficient (Wildman–Crippen LogP) is 4.31. The highest BCUT2D eigenvalue weighted by molar-refractivity contribution is 9.10. The molecule has 2 aromatic rings. The monoisotopic (exact) mass is 353 g/mol. The van der Waals surface area contributed by atoms with Crippen LogP contribution in [0.15, 0.2) is 40.9 Å². The van der Waals surface area contributed by atoms with Gasteiger partial charge in [-0.25, -0.2) is 0 Å². The topological polar surface area (TPSA) is 52.3 Å². The molecule has 2 rings (SSSR count). The van der Waals surface area contributed by atoms with Crippen molar-refractivity contribution in [3.63, 3.8) is 0 Å². The normalized spacial score (nSPS) is 10.3. The zero-order valence-corrected chi connectivity index (χ0v) is 13.2. The van der Waals surface area contributed by atoms with Gasteiger partial charge in [0.1, 0.15) is 5.75 Å². The Morgan fingerprint density at radius 2 is 2.00 bits per heavy atom. The van der Waals surface area contributed by atoms with Gasteiger partial charge in [0.05, 0.1) is 11.6 Å². The molecule has 5 heteroatoms. The molecular formula is C15H13BrClNO2. The first kappa shape index (κ1) is 14.9. The van der Waals surface area contributed by atoms with Gasteiger partial charge in [-0.2, -0.15) is 0 Å². The van der Waals surface area contributed by atoms with E-state index in [0.29, 0.717) is 38.7 Å². The van der Waals surface area contributed by atoms with E-state index in [0.717, 1.165) is 0 Å². The van der Waals surface area contributed by atoms with Gasteiger partial charge in [0.15, 0.2) is 5.78 Å². The summed E-state index contributed by atoms with van der Waals surface area (Å²) >= 11 is 9.44. The van der Waals surface area contributed by atoms with Crippen LogP contribution in [0.4, 0.5) is 5.69 Å². The third-order valence-corrected chi connectivity index (χ3v) is 3.72. The molecule has 0 spiro atoms. The molecule has 0 bridgehead atoms. The van der Waals surface area contributed by atoms with Crippen molar-refractivity contribution in [3.05, 3.63) is 57.0 Å². The highest BCUT2D eigenvalue weighted by Gasteiger charge is 2.16. The third kappa shape index (κ3) is 3.14. The van der Waals surface area contributed by atoms with Crippen LogP contribution in [0.25, 0.3) is 0 Å². The molecule has 104 valence electrons. The van der Waals surface area contributed by atoms with Crippen molar-refractivity contribution >= 4 is 39.0 Å². The standard InChI is InChI=1S/C15H13BrClNO2/c1-2-20-10-4-5-11(13(16)8-10)15(19)12-7-9(18)3-6-14(12)17/h3-8H,2,18H2,1H3. The molecule has 3 nitrogen and oxygen atoms in total. The molecule has 0 saturated heterocycles. The van der Waals surface area contributed by atoms with E-state index in [9.17, 15) is 4.79 Å². The maximum Gasteiger partial charge on any atom is 0.195 e. The lowest BCUT2D eigenvalue weighted by molar-refractivity contribution is 0.103. The zero-order valence-electron chi connectivity index (χ0n) is 10.8. The van der Waals surface area contributed by atoms with Crippen molar-refractivity contribution < 1.29 is 9.53 Å². The average molecular weight is 355 g/mol. The van der Waals surface area contributed by atoms with Gasteiger partial charge in [0.25, 0.3) is 0 Å². The SMILES string of the molecule is CCOc1ccc(C(=O)c2cc(N)ccc2Cl)c(Br)c1. The van der Waals surface area contributed by atoms with Crippen LogP contribution < -0.4 is 10.5 Å². The molecule has 0 fully saturated rings. The summed E-state index contributed by atoms with van der Waals surface area (Å²) in [5, 5.41) is 0.380. The molecule has 2 aromatic carbocycles. The Hall–Kier alpha value is -1.52. The molecule has 0 heterocycles. The molecule has 0 aliphatic carbocycles. The van der Waals surface area contributed by atoms with Gasteiger partial charge in [-0.3, -0.25) is 4.79 Å². The summed E-state index contributed by atoms with van der Waals surface area (Å²) in [5.41, 5.74) is 7.10. The zero-order chi connectivity index (χ0) is 14.7. The van der Waals surface area contributed by atoms with Gasteiger partial charge >= 0.3 is 0 Å². The van der Waals surface area contributed by atoms with Crippen molar-refractivity contribution in [1.82, 2.24) is 0 Å². The number of ketones is 1. The number of carbonyl (C=O) groups is 1. The van der Waals surface area contributed by atoms with Crippen molar-refractivity contribution in [2.45, 2.75) is 6.92 Å². The molecule has 0 saturated carbocycles. The molecule has 0 radical (unpaired) electrons. The summed E-state index contributed by atoms with van der Waals surface area (Å²) in [6.45, 7) is 2.47. The molecule has 0 aliphatic heterocycles. The largest absolute Gasteiger partial charge is 0.494 e. The van der Waals surface area contributed by atoms with Gasteiger partial charge in [0.2, 0.25) is 0 Å². The highest BCUT2D eigenvalue weighted by atomic mass is 79.9. The van der Waals surface area contributed by atoms with Crippen LogP contribution in [-0.4, -0.2) is 12.4 Å². The molecule has 0 amide bonds. The van der Waals surface area contributed by atoms with Crippen molar-refractivity contribution in [2.24, 2.45) is 0 Å². The summed E-state index contributed by atoms with van der Waals surface area (Å²) in [6, 6.07) is 10.1. The lowest BCUT2D eigenvalue weighted by atomic mass is 10.0. The van der Waals surface area contributed by atoms with Gasteiger partial charge in [-0.05, 0) is 59.3 Å². The highest BCUT2D eigenvalue weighted by Crippen LogP contribution is 2.28. The summed E-state index contributed by atoms with van der Waals surface area (Å²) in [6.07, 6.45) is 0. The number of anilines is 1. The van der Waals surface area contributed by atoms with Crippen molar-refractivity contribution in [1.29, 1.82) is 0 Å². The Kier molecular flexibility index (Phi) is 4.68. The number of halogens is 2. The number of benzene rings is 2. The molecule has 0 aliphatic rings. The van der Waals surface area contributed by atoms with Crippen molar-refractivity contribution in [2.75, 3.05) is 12.3 Å². The van der Waals surface area contributed by atoms with E-state index in [1.165, 1.54) is 0 Å². The predicted molar refractivity (Wildman–Crippen MR) is 84.6 cm³/mol. The van der Waals surface area contributed by atoms with Crippen LogP contribution in [0.2, 0.25) is 5.02 Å². The first-order valence-electron chi connectivity index (χ1n) is 6.05. The van der Waals surface area contributed by atoms with Crippen LogP contribution in [0, 0.1) is 0 Å². The van der Waals surface area contributed by atoms with Crippen LogP contribution in [-0.2, 0) is 0 Å². The number of ether oxygens (including phenoxy) is 1. The fraction of sp³-hybridized carbons (Fsp3) is 0.133. The van der Waals surface area contributed by atoms with Crippen LogP contribution in [0.1, 0.15) is 22.8 Å². The Labute approximate surface area is 130 Å². The van der Waals surface area contributed by atoms with E-state index < -0.39 is 0 Å².